The van der Waals surface area contributed by atoms with Crippen molar-refractivity contribution in [2.45, 2.75) is 26.0 Å². The van der Waals surface area contributed by atoms with Gasteiger partial charge in [0.1, 0.15) is 6.61 Å². The molecule has 0 spiro atoms. The van der Waals surface area contributed by atoms with E-state index in [-0.39, 0.29) is 32.3 Å². The third kappa shape index (κ3) is 15.6. The quantitative estimate of drug-likeness (QED) is 0.123. The summed E-state index contributed by atoms with van der Waals surface area (Å²) < 4.78 is 20.1. The molecule has 0 heterocycles. The van der Waals surface area contributed by atoms with Gasteiger partial charge >= 0.3 is 5.97 Å². The van der Waals surface area contributed by atoms with Gasteiger partial charge in [-0.05, 0) is 18.5 Å². The number of methoxy groups -OCH3 is 1. The van der Waals surface area contributed by atoms with Crippen LogP contribution in [0.2, 0.25) is 0 Å². The van der Waals surface area contributed by atoms with Crippen molar-refractivity contribution in [2.75, 3.05) is 59.8 Å². The second-order valence-corrected chi connectivity index (χ2v) is 5.04. The normalized spacial score (nSPS) is 11.5. The number of azide groups is 1. The molecule has 26 heavy (non-hydrogen) atoms. The second kappa shape index (κ2) is 17.9. The van der Waals surface area contributed by atoms with Gasteiger partial charge in [0.15, 0.2) is 6.23 Å². The number of carbonyl (C=O) groups is 2. The third-order valence-electron chi connectivity index (χ3n) is 2.99. The number of hydrogen-bond donors (Lipinski definition) is 2. The fraction of sp³-hybridized carbons (Fsp3) is 0.867. The minimum Gasteiger partial charge on any atom is -0.467 e. The standard InChI is InChI=1S/C15H29N5O6/c1-3-17-6-7-18-13(21)5-4-8-24-11-14(19-20-16)26-10-9-25-12-15(22)23-2/h14,17H,3-12H2,1-2H3,(H,18,21). The largest absolute Gasteiger partial charge is 0.467 e. The molecule has 1 amide bonds. The van der Waals surface area contributed by atoms with Crippen molar-refractivity contribution in [3.05, 3.63) is 10.4 Å². The predicted molar refractivity (Wildman–Crippen MR) is 93.3 cm³/mol. The van der Waals surface area contributed by atoms with Gasteiger partial charge in [-0.2, -0.15) is 0 Å². The number of amides is 1. The minimum atomic E-state index is -0.796. The highest BCUT2D eigenvalue weighted by Gasteiger charge is 2.08. The van der Waals surface area contributed by atoms with Crippen LogP contribution in [-0.2, 0) is 28.5 Å². The van der Waals surface area contributed by atoms with Gasteiger partial charge in [-0.25, -0.2) is 4.79 Å². The number of nitrogens with one attached hydrogen (secondary N) is 2. The number of rotatable bonds is 17. The first-order valence-electron chi connectivity index (χ1n) is 8.49. The van der Waals surface area contributed by atoms with E-state index in [0.717, 1.165) is 13.1 Å². The van der Waals surface area contributed by atoms with Crippen LogP contribution >= 0.6 is 0 Å². The summed E-state index contributed by atoms with van der Waals surface area (Å²) in [5.41, 5.74) is 8.51. The Morgan fingerprint density at radius 2 is 2.00 bits per heavy atom. The lowest BCUT2D eigenvalue weighted by molar-refractivity contribution is -0.146. The van der Waals surface area contributed by atoms with E-state index >= 15 is 0 Å². The Bertz CT molecular complexity index is 431. The number of ether oxygens (including phenoxy) is 4. The summed E-state index contributed by atoms with van der Waals surface area (Å²) in [4.78, 5) is 25.1. The van der Waals surface area contributed by atoms with E-state index in [9.17, 15) is 9.59 Å². The van der Waals surface area contributed by atoms with Gasteiger partial charge in [-0.3, -0.25) is 4.79 Å². The van der Waals surface area contributed by atoms with E-state index in [1.165, 1.54) is 7.11 Å². The Balaban J connectivity index is 3.69. The summed E-state index contributed by atoms with van der Waals surface area (Å²) in [5, 5.41) is 9.37. The minimum absolute atomic E-state index is 0.0305. The monoisotopic (exact) mass is 375 g/mol. The number of likely N-dealkylation sites (N-methyl/N-ethyl adjacent to an activating group) is 1. The van der Waals surface area contributed by atoms with Crippen LogP contribution in [0.3, 0.4) is 0 Å². The lowest BCUT2D eigenvalue weighted by Gasteiger charge is -2.13. The number of carbonyl (C=O) groups excluding carboxylic acids is 2. The summed E-state index contributed by atoms with van der Waals surface area (Å²) in [6, 6.07) is 0. The van der Waals surface area contributed by atoms with Crippen LogP contribution in [0.1, 0.15) is 19.8 Å². The van der Waals surface area contributed by atoms with Crippen molar-refractivity contribution in [3.63, 3.8) is 0 Å². The molecule has 11 nitrogen and oxygen atoms in total. The molecule has 0 aromatic rings. The fourth-order valence-electron chi connectivity index (χ4n) is 1.70. The zero-order valence-electron chi connectivity index (χ0n) is 15.4. The van der Waals surface area contributed by atoms with Crippen molar-refractivity contribution in [1.29, 1.82) is 0 Å². The summed E-state index contributed by atoms with van der Waals surface area (Å²) in [7, 11) is 1.27. The molecule has 0 radical (unpaired) electrons. The number of nitrogens with zero attached hydrogens (tertiary/aromatic N) is 3. The molecular weight excluding hydrogens is 346 g/mol. The molecule has 0 aromatic heterocycles. The average Bonchev–Trinajstić information content (AvgIpc) is 2.64. The van der Waals surface area contributed by atoms with Gasteiger partial charge in [0.2, 0.25) is 5.91 Å². The van der Waals surface area contributed by atoms with Crippen molar-refractivity contribution in [3.8, 4) is 0 Å². The van der Waals surface area contributed by atoms with Crippen molar-refractivity contribution in [1.82, 2.24) is 10.6 Å². The van der Waals surface area contributed by atoms with Gasteiger partial charge < -0.3 is 29.6 Å². The van der Waals surface area contributed by atoms with Gasteiger partial charge in [0, 0.05) is 31.0 Å². The molecule has 1 atom stereocenters. The van der Waals surface area contributed by atoms with E-state index in [0.29, 0.717) is 26.0 Å². The zero-order chi connectivity index (χ0) is 19.5. The summed E-state index contributed by atoms with van der Waals surface area (Å²) >= 11 is 0. The van der Waals surface area contributed by atoms with Gasteiger partial charge in [0.05, 0.1) is 26.9 Å². The van der Waals surface area contributed by atoms with Crippen LogP contribution in [0.4, 0.5) is 0 Å². The molecule has 0 bridgehead atoms. The zero-order valence-corrected chi connectivity index (χ0v) is 15.4. The molecule has 150 valence electrons. The Morgan fingerprint density at radius 1 is 1.19 bits per heavy atom. The Hall–Kier alpha value is -1.91. The summed E-state index contributed by atoms with van der Waals surface area (Å²) in [6.07, 6.45) is 0.120. The topological polar surface area (TPSA) is 144 Å². The molecule has 0 aromatic carbocycles. The Kier molecular flexibility index (Phi) is 16.6. The number of hydrogen-bond acceptors (Lipinski definition) is 8. The molecule has 2 N–H and O–H groups in total. The van der Waals surface area contributed by atoms with Crippen LogP contribution in [0.25, 0.3) is 10.4 Å². The summed E-state index contributed by atoms with van der Waals surface area (Å²) in [5.74, 6) is -0.511. The molecule has 0 saturated carbocycles. The van der Waals surface area contributed by atoms with Gasteiger partial charge in [-0.1, -0.05) is 12.0 Å². The molecule has 0 rings (SSSR count). The molecule has 0 saturated heterocycles. The maximum Gasteiger partial charge on any atom is 0.331 e. The molecule has 0 aliphatic heterocycles. The summed E-state index contributed by atoms with van der Waals surface area (Å²) in [6.45, 7) is 4.75. The third-order valence-corrected chi connectivity index (χ3v) is 2.99. The van der Waals surface area contributed by atoms with Crippen molar-refractivity contribution >= 4 is 11.9 Å². The Morgan fingerprint density at radius 3 is 2.69 bits per heavy atom. The maximum absolute atomic E-state index is 11.5. The van der Waals surface area contributed by atoms with Crippen molar-refractivity contribution in [2.24, 2.45) is 5.11 Å². The molecule has 0 aliphatic rings. The lowest BCUT2D eigenvalue weighted by atomic mass is 10.3. The highest BCUT2D eigenvalue weighted by molar-refractivity contribution is 5.75. The van der Waals surface area contributed by atoms with Gasteiger partial charge in [-0.15, -0.1) is 0 Å². The second-order valence-electron chi connectivity index (χ2n) is 5.04. The van der Waals surface area contributed by atoms with Crippen LogP contribution in [-0.4, -0.2) is 77.9 Å². The highest BCUT2D eigenvalue weighted by Crippen LogP contribution is 1.99. The Labute approximate surface area is 153 Å². The average molecular weight is 375 g/mol. The predicted octanol–water partition coefficient (Wildman–Crippen LogP) is 0.352. The molecule has 1 unspecified atom stereocenters. The SMILES string of the molecule is CCNCCNC(=O)CCCOCC(N=[N+]=[N-])OCCOCC(=O)OC. The molecule has 0 fully saturated rings. The fourth-order valence-corrected chi connectivity index (χ4v) is 1.70. The smallest absolute Gasteiger partial charge is 0.331 e. The van der Waals surface area contributed by atoms with E-state index in [2.05, 4.69) is 25.4 Å². The molecular formula is C15H29N5O6. The van der Waals surface area contributed by atoms with E-state index < -0.39 is 12.2 Å². The van der Waals surface area contributed by atoms with Crippen molar-refractivity contribution < 1.29 is 28.5 Å². The number of esters is 1. The van der Waals surface area contributed by atoms with E-state index in [1.807, 2.05) is 6.92 Å². The first-order valence-corrected chi connectivity index (χ1v) is 8.49. The van der Waals surface area contributed by atoms with Gasteiger partial charge in [0.25, 0.3) is 0 Å². The first-order chi connectivity index (χ1) is 12.6. The van der Waals surface area contributed by atoms with Crippen LogP contribution in [0.5, 0.6) is 0 Å². The van der Waals surface area contributed by atoms with Crippen LogP contribution in [0, 0.1) is 0 Å². The van der Waals surface area contributed by atoms with Crippen LogP contribution in [0.15, 0.2) is 5.11 Å². The molecule has 11 heteroatoms. The highest BCUT2D eigenvalue weighted by atomic mass is 16.6. The maximum atomic E-state index is 11.5. The molecule has 0 aliphatic carbocycles. The first kappa shape index (κ1) is 24.1. The van der Waals surface area contributed by atoms with E-state index in [1.54, 1.807) is 0 Å². The van der Waals surface area contributed by atoms with E-state index in [4.69, 9.17) is 19.7 Å². The lowest BCUT2D eigenvalue weighted by Crippen LogP contribution is -2.31. The van der Waals surface area contributed by atoms with Crippen LogP contribution < -0.4 is 10.6 Å².